The van der Waals surface area contributed by atoms with Gasteiger partial charge in [0.2, 0.25) is 0 Å². The standard InChI is InChI=1S/C18H17NO5/c1-11(20)12-4-6-13(7-5-12)15-8-9-16(24-15)17(21)19-10-2-3-14(19)18(22)23/h4-9,14H,2-3,10H2,1H3,(H,22,23). The highest BCUT2D eigenvalue weighted by molar-refractivity contribution is 5.96. The van der Waals surface area contributed by atoms with Gasteiger partial charge in [0.05, 0.1) is 0 Å². The number of carboxylic acid groups (broad SMARTS) is 1. The second-order valence-corrected chi connectivity index (χ2v) is 5.79. The Morgan fingerprint density at radius 3 is 2.46 bits per heavy atom. The quantitative estimate of drug-likeness (QED) is 0.872. The second kappa shape index (κ2) is 6.31. The highest BCUT2D eigenvalue weighted by Crippen LogP contribution is 2.26. The summed E-state index contributed by atoms with van der Waals surface area (Å²) in [7, 11) is 0. The van der Waals surface area contributed by atoms with Gasteiger partial charge in [0.1, 0.15) is 11.8 Å². The number of carboxylic acids is 1. The lowest BCUT2D eigenvalue weighted by atomic mass is 10.1. The van der Waals surface area contributed by atoms with E-state index in [-0.39, 0.29) is 11.5 Å². The molecule has 0 radical (unpaired) electrons. The maximum Gasteiger partial charge on any atom is 0.326 e. The number of hydrogen-bond donors (Lipinski definition) is 1. The van der Waals surface area contributed by atoms with Crippen molar-refractivity contribution in [2.24, 2.45) is 0 Å². The Morgan fingerprint density at radius 1 is 1.12 bits per heavy atom. The number of Topliss-reactive ketones (excluding diaryl/α,β-unsaturated/α-hetero) is 1. The molecule has 1 aliphatic heterocycles. The molecule has 6 nitrogen and oxygen atoms in total. The van der Waals surface area contributed by atoms with E-state index in [1.165, 1.54) is 11.8 Å². The van der Waals surface area contributed by atoms with Crippen molar-refractivity contribution in [3.63, 3.8) is 0 Å². The van der Waals surface area contributed by atoms with Gasteiger partial charge in [0.15, 0.2) is 11.5 Å². The molecule has 1 saturated heterocycles. The number of ketones is 1. The van der Waals surface area contributed by atoms with E-state index >= 15 is 0 Å². The first-order valence-corrected chi connectivity index (χ1v) is 7.72. The highest BCUT2D eigenvalue weighted by Gasteiger charge is 2.35. The minimum atomic E-state index is -0.993. The molecule has 0 bridgehead atoms. The van der Waals surface area contributed by atoms with Crippen LogP contribution in [0.15, 0.2) is 40.8 Å². The molecule has 6 heteroatoms. The van der Waals surface area contributed by atoms with Gasteiger partial charge >= 0.3 is 5.97 Å². The molecular weight excluding hydrogens is 310 g/mol. The first kappa shape index (κ1) is 16.0. The molecule has 1 N–H and O–H groups in total. The molecular formula is C18H17NO5. The van der Waals surface area contributed by atoms with Crippen molar-refractivity contribution in [1.82, 2.24) is 4.90 Å². The molecule has 1 aromatic carbocycles. The number of amides is 1. The number of benzene rings is 1. The summed E-state index contributed by atoms with van der Waals surface area (Å²) in [4.78, 5) is 36.3. The zero-order chi connectivity index (χ0) is 17.3. The van der Waals surface area contributed by atoms with Crippen LogP contribution in [0.5, 0.6) is 0 Å². The van der Waals surface area contributed by atoms with Crippen LogP contribution < -0.4 is 0 Å². The molecule has 0 saturated carbocycles. The van der Waals surface area contributed by atoms with Gasteiger partial charge < -0.3 is 14.4 Å². The molecule has 0 spiro atoms. The lowest BCUT2D eigenvalue weighted by Crippen LogP contribution is -2.40. The number of furan rings is 1. The molecule has 2 heterocycles. The highest BCUT2D eigenvalue weighted by atomic mass is 16.4. The first-order chi connectivity index (χ1) is 11.5. The third kappa shape index (κ3) is 2.95. The minimum absolute atomic E-state index is 0.0226. The number of rotatable bonds is 4. The summed E-state index contributed by atoms with van der Waals surface area (Å²) in [5.74, 6) is -0.808. The Morgan fingerprint density at radius 2 is 1.83 bits per heavy atom. The Labute approximate surface area is 138 Å². The number of hydrogen-bond acceptors (Lipinski definition) is 4. The molecule has 1 aliphatic rings. The molecule has 1 atom stereocenters. The van der Waals surface area contributed by atoms with Gasteiger partial charge in [0.25, 0.3) is 5.91 Å². The van der Waals surface area contributed by atoms with E-state index in [2.05, 4.69) is 0 Å². The SMILES string of the molecule is CC(=O)c1ccc(-c2ccc(C(=O)N3CCCC3C(=O)O)o2)cc1. The van der Waals surface area contributed by atoms with E-state index in [0.717, 1.165) is 5.56 Å². The van der Waals surface area contributed by atoms with Crippen LogP contribution >= 0.6 is 0 Å². The Hall–Kier alpha value is -2.89. The zero-order valence-corrected chi connectivity index (χ0v) is 13.2. The smallest absolute Gasteiger partial charge is 0.326 e. The molecule has 124 valence electrons. The molecule has 1 unspecified atom stereocenters. The number of aliphatic carboxylic acids is 1. The summed E-state index contributed by atoms with van der Waals surface area (Å²) in [6.07, 6.45) is 1.13. The normalized spacial score (nSPS) is 17.0. The van der Waals surface area contributed by atoms with Crippen LogP contribution in [0.3, 0.4) is 0 Å². The van der Waals surface area contributed by atoms with Crippen molar-refractivity contribution in [3.8, 4) is 11.3 Å². The van der Waals surface area contributed by atoms with Crippen LogP contribution in [0.2, 0.25) is 0 Å². The molecule has 1 aromatic heterocycles. The van der Waals surface area contributed by atoms with Gasteiger partial charge in [-0.3, -0.25) is 9.59 Å². The Kier molecular flexibility index (Phi) is 4.20. The summed E-state index contributed by atoms with van der Waals surface area (Å²) >= 11 is 0. The molecule has 1 amide bonds. The minimum Gasteiger partial charge on any atom is -0.480 e. The van der Waals surface area contributed by atoms with Gasteiger partial charge in [0, 0.05) is 17.7 Å². The predicted octanol–water partition coefficient (Wildman–Crippen LogP) is 2.84. The van der Waals surface area contributed by atoms with Crippen molar-refractivity contribution < 1.29 is 23.9 Å². The Balaban J connectivity index is 1.81. The Bertz CT molecular complexity index is 790. The van der Waals surface area contributed by atoms with Gasteiger partial charge in [-0.15, -0.1) is 0 Å². The monoisotopic (exact) mass is 327 g/mol. The van der Waals surface area contributed by atoms with E-state index in [1.807, 2.05) is 0 Å². The van der Waals surface area contributed by atoms with E-state index in [1.54, 1.807) is 36.4 Å². The van der Waals surface area contributed by atoms with Gasteiger partial charge in [-0.2, -0.15) is 0 Å². The number of carbonyl (C=O) groups excluding carboxylic acids is 2. The molecule has 3 rings (SSSR count). The topological polar surface area (TPSA) is 87.8 Å². The summed E-state index contributed by atoms with van der Waals surface area (Å²) in [5, 5.41) is 9.18. The number of nitrogens with zero attached hydrogens (tertiary/aromatic N) is 1. The van der Waals surface area contributed by atoms with Crippen LogP contribution in [-0.4, -0.2) is 40.3 Å². The lowest BCUT2D eigenvalue weighted by molar-refractivity contribution is -0.141. The third-order valence-electron chi connectivity index (χ3n) is 4.19. The maximum atomic E-state index is 12.5. The van der Waals surface area contributed by atoms with Crippen molar-refractivity contribution in [2.45, 2.75) is 25.8 Å². The summed E-state index contributed by atoms with van der Waals surface area (Å²) in [5.41, 5.74) is 1.35. The average molecular weight is 327 g/mol. The maximum absolute atomic E-state index is 12.5. The van der Waals surface area contributed by atoms with Crippen LogP contribution in [-0.2, 0) is 4.79 Å². The van der Waals surface area contributed by atoms with Crippen LogP contribution in [0.25, 0.3) is 11.3 Å². The largest absolute Gasteiger partial charge is 0.480 e. The molecule has 2 aromatic rings. The van der Waals surface area contributed by atoms with Crippen LogP contribution in [0.4, 0.5) is 0 Å². The van der Waals surface area contributed by atoms with E-state index in [9.17, 15) is 19.5 Å². The van der Waals surface area contributed by atoms with E-state index < -0.39 is 17.9 Å². The van der Waals surface area contributed by atoms with Crippen molar-refractivity contribution in [2.75, 3.05) is 6.54 Å². The van der Waals surface area contributed by atoms with Crippen molar-refractivity contribution in [3.05, 3.63) is 47.7 Å². The average Bonchev–Trinajstić information content (AvgIpc) is 3.24. The molecule has 1 fully saturated rings. The second-order valence-electron chi connectivity index (χ2n) is 5.79. The van der Waals surface area contributed by atoms with Crippen molar-refractivity contribution in [1.29, 1.82) is 0 Å². The van der Waals surface area contributed by atoms with Crippen LogP contribution in [0, 0.1) is 0 Å². The van der Waals surface area contributed by atoms with Crippen LogP contribution in [0.1, 0.15) is 40.7 Å². The van der Waals surface area contributed by atoms with E-state index in [0.29, 0.717) is 30.7 Å². The number of likely N-dealkylation sites (tertiary alicyclic amines) is 1. The summed E-state index contributed by atoms with van der Waals surface area (Å²) in [6.45, 7) is 1.91. The summed E-state index contributed by atoms with van der Waals surface area (Å²) < 4.78 is 5.60. The molecule has 24 heavy (non-hydrogen) atoms. The molecule has 0 aliphatic carbocycles. The third-order valence-corrected chi connectivity index (χ3v) is 4.19. The number of carbonyl (C=O) groups is 3. The zero-order valence-electron chi connectivity index (χ0n) is 13.2. The summed E-state index contributed by atoms with van der Waals surface area (Å²) in [6, 6.07) is 9.32. The fraction of sp³-hybridized carbons (Fsp3) is 0.278. The van der Waals surface area contributed by atoms with Gasteiger partial charge in [-0.05, 0) is 31.9 Å². The van der Waals surface area contributed by atoms with Gasteiger partial charge in [-0.1, -0.05) is 24.3 Å². The fourth-order valence-corrected chi connectivity index (χ4v) is 2.89. The predicted molar refractivity (Wildman–Crippen MR) is 85.8 cm³/mol. The van der Waals surface area contributed by atoms with Crippen molar-refractivity contribution >= 4 is 17.7 Å². The first-order valence-electron chi connectivity index (χ1n) is 7.72. The van der Waals surface area contributed by atoms with E-state index in [4.69, 9.17) is 4.42 Å². The lowest BCUT2D eigenvalue weighted by Gasteiger charge is -2.19. The fourth-order valence-electron chi connectivity index (χ4n) is 2.89. The van der Waals surface area contributed by atoms with Gasteiger partial charge in [-0.25, -0.2) is 4.79 Å².